The molecule has 4 nitrogen and oxygen atoms in total. The van der Waals surface area contributed by atoms with E-state index in [-0.39, 0.29) is 50.3 Å². The maximum Gasteiger partial charge on any atom is 0.0967 e. The predicted octanol–water partition coefficient (Wildman–Crippen LogP) is -3.22. The van der Waals surface area contributed by atoms with Crippen LogP contribution in [0.5, 0.6) is 0 Å². The van der Waals surface area contributed by atoms with E-state index in [2.05, 4.69) is 9.97 Å². The first-order chi connectivity index (χ1) is 10.6. The standard InChI is InChI=1S/2C8H10NO.CH2Cl2.2ClH.Ir/c2*1-8(2,10)7-5-3-4-6-9-7;2-1-3;;;/h2*3-6H,1-2H3;1H2;2*1H;/q2*-1;;;;/p-2. The van der Waals surface area contributed by atoms with Crippen molar-refractivity contribution in [3.8, 4) is 0 Å². The van der Waals surface area contributed by atoms with Gasteiger partial charge in [0, 0.05) is 43.9 Å². The molecule has 0 bridgehead atoms. The van der Waals surface area contributed by atoms with Crippen molar-refractivity contribution in [2.45, 2.75) is 38.9 Å². The van der Waals surface area contributed by atoms with Crippen LogP contribution < -0.4 is 35.0 Å². The first-order valence-electron chi connectivity index (χ1n) is 6.98. The minimum Gasteiger partial charge on any atom is -1.00 e. The number of aromatic nitrogens is 2. The fourth-order valence-electron chi connectivity index (χ4n) is 1.44. The molecule has 0 aliphatic rings. The normalized spacial score (nSPS) is 9.54. The molecule has 1 radical (unpaired) electrons. The summed E-state index contributed by atoms with van der Waals surface area (Å²) in [6.07, 6.45) is 3.27. The van der Waals surface area contributed by atoms with E-state index in [0.717, 1.165) is 0 Å². The molecule has 0 saturated carbocycles. The number of pyridine rings is 2. The third-order valence-corrected chi connectivity index (χ3v) is 2.56. The van der Waals surface area contributed by atoms with E-state index in [0.29, 0.717) is 11.4 Å². The summed E-state index contributed by atoms with van der Waals surface area (Å²) in [5, 5.41) is 22.7. The second-order valence-corrected chi connectivity index (χ2v) is 6.36. The zero-order chi connectivity index (χ0) is 17.9. The van der Waals surface area contributed by atoms with Gasteiger partial charge < -0.3 is 35.0 Å². The Morgan fingerprint density at radius 2 is 1.04 bits per heavy atom. The van der Waals surface area contributed by atoms with Crippen LogP contribution in [0.3, 0.4) is 0 Å². The van der Waals surface area contributed by atoms with E-state index >= 15 is 0 Å². The van der Waals surface area contributed by atoms with E-state index in [1.807, 2.05) is 12.1 Å². The van der Waals surface area contributed by atoms with Crippen LogP contribution in [0.4, 0.5) is 0 Å². The van der Waals surface area contributed by atoms with E-state index < -0.39 is 11.2 Å². The molecule has 2 aromatic rings. The topological polar surface area (TPSA) is 71.9 Å². The monoisotopic (exact) mass is 619 g/mol. The summed E-state index contributed by atoms with van der Waals surface area (Å²) in [5.74, 6) is 0. The molecule has 0 spiro atoms. The largest absolute Gasteiger partial charge is 1.00 e. The summed E-state index contributed by atoms with van der Waals surface area (Å²) in [6, 6.07) is 10.7. The molecule has 0 aliphatic heterocycles. The quantitative estimate of drug-likeness (QED) is 0.332. The zero-order valence-corrected chi connectivity index (χ0v) is 20.3. The zero-order valence-electron chi connectivity index (χ0n) is 14.9. The Kier molecular flexibility index (Phi) is 22.2. The first kappa shape index (κ1) is 33.6. The predicted molar refractivity (Wildman–Crippen MR) is 91.1 cm³/mol. The Bertz CT molecular complexity index is 486. The van der Waals surface area contributed by atoms with Gasteiger partial charge in [-0.05, 0) is 24.3 Å². The van der Waals surface area contributed by atoms with Crippen LogP contribution in [0, 0.1) is 0 Å². The second-order valence-electron chi connectivity index (χ2n) is 5.55. The van der Waals surface area contributed by atoms with Gasteiger partial charge >= 0.3 is 0 Å². The van der Waals surface area contributed by atoms with Crippen LogP contribution in [0.15, 0.2) is 48.8 Å². The summed E-state index contributed by atoms with van der Waals surface area (Å²) < 4.78 is 0. The maximum absolute atomic E-state index is 11.2. The van der Waals surface area contributed by atoms with Crippen molar-refractivity contribution in [3.05, 3.63) is 60.2 Å². The van der Waals surface area contributed by atoms with Gasteiger partial charge in [-0.2, -0.15) is 0 Å². The van der Waals surface area contributed by atoms with E-state index in [1.165, 1.54) is 0 Å². The van der Waals surface area contributed by atoms with E-state index in [9.17, 15) is 10.2 Å². The van der Waals surface area contributed by atoms with Gasteiger partial charge in [0.25, 0.3) is 0 Å². The van der Waals surface area contributed by atoms with Crippen LogP contribution in [-0.2, 0) is 31.3 Å². The van der Waals surface area contributed by atoms with Crippen LogP contribution in [0.2, 0.25) is 0 Å². The molecule has 153 valence electrons. The van der Waals surface area contributed by atoms with Gasteiger partial charge in [0.05, 0.1) is 5.34 Å². The Hall–Kier alpha value is 0.0294. The third-order valence-electron chi connectivity index (χ3n) is 2.56. The molecule has 2 rings (SSSR count). The molecule has 0 aliphatic carbocycles. The average molecular weight is 620 g/mol. The number of hydrogen-bond acceptors (Lipinski definition) is 4. The molecular weight excluding hydrogens is 598 g/mol. The third kappa shape index (κ3) is 16.2. The smallest absolute Gasteiger partial charge is 0.0967 e. The summed E-state index contributed by atoms with van der Waals surface area (Å²) in [5.41, 5.74) is -0.951. The van der Waals surface area contributed by atoms with E-state index in [4.69, 9.17) is 23.2 Å². The van der Waals surface area contributed by atoms with Gasteiger partial charge in [-0.15, -0.1) is 23.2 Å². The minimum absolute atomic E-state index is 0. The molecule has 0 saturated heterocycles. The van der Waals surface area contributed by atoms with Gasteiger partial charge in [-0.3, -0.25) is 9.97 Å². The van der Waals surface area contributed by atoms with Crippen molar-refractivity contribution in [1.82, 2.24) is 9.97 Å². The minimum atomic E-state index is -1.07. The Balaban J connectivity index is -0.000000147. The average Bonchev–Trinajstić information content (AvgIpc) is 2.49. The maximum atomic E-state index is 11.2. The van der Waals surface area contributed by atoms with Gasteiger partial charge in [-0.25, -0.2) is 0 Å². The van der Waals surface area contributed by atoms with Crippen LogP contribution in [0.25, 0.3) is 0 Å². The summed E-state index contributed by atoms with van der Waals surface area (Å²) in [6.45, 7) is 6.43. The van der Waals surface area contributed by atoms with Crippen molar-refractivity contribution < 1.29 is 55.1 Å². The first-order valence-corrected chi connectivity index (χ1v) is 8.05. The van der Waals surface area contributed by atoms with Crippen molar-refractivity contribution in [2.75, 3.05) is 5.34 Å². The molecule has 0 atom stereocenters. The number of rotatable bonds is 2. The second kappa shape index (κ2) is 17.1. The van der Waals surface area contributed by atoms with Crippen LogP contribution >= 0.6 is 23.2 Å². The van der Waals surface area contributed by atoms with Crippen molar-refractivity contribution in [2.24, 2.45) is 0 Å². The van der Waals surface area contributed by atoms with Crippen LogP contribution in [-0.4, -0.2) is 15.3 Å². The number of alkyl halides is 2. The van der Waals surface area contributed by atoms with E-state index in [1.54, 1.807) is 64.4 Å². The fraction of sp³-hybridized carbons (Fsp3) is 0.412. The molecule has 2 heterocycles. The molecule has 0 N–H and O–H groups in total. The molecular formula is C17H22Cl4IrN2O2-4. The Morgan fingerprint density at radius 1 is 0.769 bits per heavy atom. The van der Waals surface area contributed by atoms with Gasteiger partial charge in [-0.1, -0.05) is 51.0 Å². The molecule has 0 aromatic carbocycles. The summed E-state index contributed by atoms with van der Waals surface area (Å²) in [7, 11) is 0. The van der Waals surface area contributed by atoms with Crippen molar-refractivity contribution in [1.29, 1.82) is 0 Å². The van der Waals surface area contributed by atoms with Crippen molar-refractivity contribution >= 4 is 23.2 Å². The molecule has 26 heavy (non-hydrogen) atoms. The molecule has 2 aromatic heterocycles. The number of nitrogens with zero attached hydrogens (tertiary/aromatic N) is 2. The molecule has 0 amide bonds. The SMILES string of the molecule is CC(C)([O-])c1ccccn1.CC(C)([O-])c1ccccn1.ClCCl.[Cl-].[Cl-].[Ir]. The Morgan fingerprint density at radius 3 is 1.15 bits per heavy atom. The number of halogens is 4. The van der Waals surface area contributed by atoms with Crippen molar-refractivity contribution in [3.63, 3.8) is 0 Å². The summed E-state index contributed by atoms with van der Waals surface area (Å²) >= 11 is 9.53. The number of hydrogen-bond donors (Lipinski definition) is 0. The van der Waals surface area contributed by atoms with Gasteiger partial charge in [0.2, 0.25) is 0 Å². The van der Waals surface area contributed by atoms with Crippen LogP contribution in [0.1, 0.15) is 39.1 Å². The molecule has 0 unspecified atom stereocenters. The van der Waals surface area contributed by atoms with Gasteiger partial charge in [0.15, 0.2) is 0 Å². The molecule has 9 heteroatoms. The fourth-order valence-corrected chi connectivity index (χ4v) is 1.44. The molecule has 0 fully saturated rings. The Labute approximate surface area is 191 Å². The van der Waals surface area contributed by atoms with Gasteiger partial charge in [0.1, 0.15) is 0 Å². The summed E-state index contributed by atoms with van der Waals surface area (Å²) in [4.78, 5) is 7.88.